The summed E-state index contributed by atoms with van der Waals surface area (Å²) in [6.45, 7) is 7.02. The van der Waals surface area contributed by atoms with Crippen LogP contribution in [0.4, 0.5) is 16.2 Å². The van der Waals surface area contributed by atoms with Gasteiger partial charge in [0.25, 0.3) is 0 Å². The number of carbonyl (C=O) groups excluding carboxylic acids is 2. The predicted molar refractivity (Wildman–Crippen MR) is 106 cm³/mol. The second-order valence-corrected chi connectivity index (χ2v) is 7.41. The van der Waals surface area contributed by atoms with Crippen LogP contribution >= 0.6 is 0 Å². The second kappa shape index (κ2) is 8.92. The number of amides is 3. The van der Waals surface area contributed by atoms with Crippen LogP contribution in [0.5, 0.6) is 0 Å². The zero-order valence-corrected chi connectivity index (χ0v) is 16.6. The molecule has 0 aromatic heterocycles. The molecular weight excluding hydrogens is 328 g/mol. The van der Waals surface area contributed by atoms with E-state index in [1.165, 1.54) is 0 Å². The van der Waals surface area contributed by atoms with Crippen molar-refractivity contribution in [3.8, 4) is 0 Å². The summed E-state index contributed by atoms with van der Waals surface area (Å²) in [5.74, 6) is 0.249. The normalized spacial score (nSPS) is 13.9. The highest BCUT2D eigenvalue weighted by Crippen LogP contribution is 2.29. The quantitative estimate of drug-likeness (QED) is 0.783. The SMILES string of the molecule is CCNC(=O)N(Cc1cc(NC(=O)C2CCC2)ccc1N(C)C)C(C)C. The Balaban J connectivity index is 2.23. The lowest BCUT2D eigenvalue weighted by Gasteiger charge is -2.29. The first-order valence-electron chi connectivity index (χ1n) is 9.49. The molecule has 1 aliphatic carbocycles. The van der Waals surface area contributed by atoms with Crippen molar-refractivity contribution >= 4 is 23.3 Å². The zero-order chi connectivity index (χ0) is 19.3. The lowest BCUT2D eigenvalue weighted by Crippen LogP contribution is -2.43. The number of rotatable bonds is 7. The minimum Gasteiger partial charge on any atom is -0.377 e. The van der Waals surface area contributed by atoms with E-state index < -0.39 is 0 Å². The fourth-order valence-corrected chi connectivity index (χ4v) is 3.07. The fraction of sp³-hybridized carbons (Fsp3) is 0.600. The average Bonchev–Trinajstić information content (AvgIpc) is 2.50. The molecule has 0 spiro atoms. The van der Waals surface area contributed by atoms with Gasteiger partial charge in [-0.1, -0.05) is 6.42 Å². The van der Waals surface area contributed by atoms with Gasteiger partial charge in [0.2, 0.25) is 5.91 Å². The van der Waals surface area contributed by atoms with E-state index in [0.717, 1.165) is 36.2 Å². The lowest BCUT2D eigenvalue weighted by molar-refractivity contribution is -0.122. The number of nitrogens with one attached hydrogen (secondary N) is 2. The van der Waals surface area contributed by atoms with Crippen molar-refractivity contribution < 1.29 is 9.59 Å². The van der Waals surface area contributed by atoms with Crippen LogP contribution in [0.1, 0.15) is 45.6 Å². The number of urea groups is 1. The molecule has 1 aliphatic rings. The van der Waals surface area contributed by atoms with Crippen LogP contribution in [0.3, 0.4) is 0 Å². The third-order valence-corrected chi connectivity index (χ3v) is 4.86. The van der Waals surface area contributed by atoms with Crippen LogP contribution in [0, 0.1) is 5.92 Å². The molecule has 1 saturated carbocycles. The number of nitrogens with zero attached hydrogens (tertiary/aromatic N) is 2. The summed E-state index contributed by atoms with van der Waals surface area (Å²) in [6.07, 6.45) is 3.10. The zero-order valence-electron chi connectivity index (χ0n) is 16.6. The Kier molecular flexibility index (Phi) is 6.89. The molecule has 1 aromatic rings. The number of carbonyl (C=O) groups is 2. The van der Waals surface area contributed by atoms with E-state index in [-0.39, 0.29) is 23.9 Å². The average molecular weight is 361 g/mol. The summed E-state index contributed by atoms with van der Waals surface area (Å²) < 4.78 is 0. The van der Waals surface area contributed by atoms with Crippen LogP contribution in [-0.4, -0.2) is 43.5 Å². The van der Waals surface area contributed by atoms with Gasteiger partial charge in [-0.3, -0.25) is 4.79 Å². The maximum atomic E-state index is 12.4. The van der Waals surface area contributed by atoms with E-state index in [1.54, 1.807) is 0 Å². The highest BCUT2D eigenvalue weighted by atomic mass is 16.2. The van der Waals surface area contributed by atoms with E-state index in [0.29, 0.717) is 13.1 Å². The molecule has 0 saturated heterocycles. The Morgan fingerprint density at radius 1 is 1.23 bits per heavy atom. The molecule has 0 bridgehead atoms. The molecule has 0 radical (unpaired) electrons. The van der Waals surface area contributed by atoms with Gasteiger partial charge >= 0.3 is 6.03 Å². The van der Waals surface area contributed by atoms with E-state index in [2.05, 4.69) is 10.6 Å². The molecular formula is C20H32N4O2. The lowest BCUT2D eigenvalue weighted by atomic mass is 9.85. The third-order valence-electron chi connectivity index (χ3n) is 4.86. The van der Waals surface area contributed by atoms with Crippen LogP contribution in [-0.2, 0) is 11.3 Å². The molecule has 1 aromatic carbocycles. The van der Waals surface area contributed by atoms with Crippen LogP contribution in [0.25, 0.3) is 0 Å². The van der Waals surface area contributed by atoms with Crippen LogP contribution < -0.4 is 15.5 Å². The van der Waals surface area contributed by atoms with Crippen molar-refractivity contribution in [2.24, 2.45) is 5.92 Å². The molecule has 6 heteroatoms. The summed E-state index contributed by atoms with van der Waals surface area (Å²) in [5, 5.41) is 5.91. The predicted octanol–water partition coefficient (Wildman–Crippen LogP) is 3.43. The van der Waals surface area contributed by atoms with Crippen molar-refractivity contribution in [3.05, 3.63) is 23.8 Å². The van der Waals surface area contributed by atoms with Gasteiger partial charge in [0.05, 0.1) is 0 Å². The van der Waals surface area contributed by atoms with Crippen LogP contribution in [0.15, 0.2) is 18.2 Å². The first-order chi connectivity index (χ1) is 12.3. The van der Waals surface area contributed by atoms with Gasteiger partial charge in [-0.2, -0.15) is 0 Å². The summed E-state index contributed by atoms with van der Waals surface area (Å²) in [7, 11) is 3.97. The standard InChI is InChI=1S/C20H32N4O2/c1-6-21-20(26)24(14(2)3)13-16-12-17(10-11-18(16)23(4)5)22-19(25)15-8-7-9-15/h10-12,14-15H,6-9,13H2,1-5H3,(H,21,26)(H,22,25). The minimum absolute atomic E-state index is 0.0730. The van der Waals surface area contributed by atoms with Gasteiger partial charge in [-0.25, -0.2) is 4.79 Å². The molecule has 2 N–H and O–H groups in total. The van der Waals surface area contributed by atoms with Gasteiger partial charge in [-0.15, -0.1) is 0 Å². The van der Waals surface area contributed by atoms with E-state index in [4.69, 9.17) is 0 Å². The number of benzene rings is 1. The largest absolute Gasteiger partial charge is 0.377 e. The molecule has 0 heterocycles. The maximum Gasteiger partial charge on any atom is 0.317 e. The van der Waals surface area contributed by atoms with E-state index >= 15 is 0 Å². The molecule has 2 rings (SSSR count). The van der Waals surface area contributed by atoms with Crippen molar-refractivity contribution in [1.82, 2.24) is 10.2 Å². The Hall–Kier alpha value is -2.24. The summed E-state index contributed by atoms with van der Waals surface area (Å²) >= 11 is 0. The topological polar surface area (TPSA) is 64.7 Å². The summed E-state index contributed by atoms with van der Waals surface area (Å²) in [4.78, 5) is 28.5. The summed E-state index contributed by atoms with van der Waals surface area (Å²) in [5.41, 5.74) is 2.85. The van der Waals surface area contributed by atoms with Gasteiger partial charge < -0.3 is 20.4 Å². The first kappa shape index (κ1) is 20.1. The first-order valence-corrected chi connectivity index (χ1v) is 9.49. The highest BCUT2D eigenvalue weighted by Gasteiger charge is 2.25. The van der Waals surface area contributed by atoms with Crippen molar-refractivity contribution in [2.45, 2.75) is 52.6 Å². The second-order valence-electron chi connectivity index (χ2n) is 7.41. The Morgan fingerprint density at radius 3 is 2.42 bits per heavy atom. The molecule has 1 fully saturated rings. The molecule has 0 unspecified atom stereocenters. The maximum absolute atomic E-state index is 12.4. The number of hydrogen-bond acceptors (Lipinski definition) is 3. The Morgan fingerprint density at radius 2 is 1.92 bits per heavy atom. The third kappa shape index (κ3) is 4.90. The van der Waals surface area contributed by atoms with Gasteiger partial charge in [0.15, 0.2) is 0 Å². The highest BCUT2D eigenvalue weighted by molar-refractivity contribution is 5.93. The number of anilines is 2. The van der Waals surface area contributed by atoms with Gasteiger partial charge in [0.1, 0.15) is 0 Å². The number of hydrogen-bond donors (Lipinski definition) is 2. The Labute approximate surface area is 156 Å². The molecule has 6 nitrogen and oxygen atoms in total. The van der Waals surface area contributed by atoms with Crippen molar-refractivity contribution in [1.29, 1.82) is 0 Å². The summed E-state index contributed by atoms with van der Waals surface area (Å²) in [6, 6.07) is 5.92. The van der Waals surface area contributed by atoms with E-state index in [1.807, 2.05) is 62.9 Å². The van der Waals surface area contributed by atoms with Crippen LogP contribution in [0.2, 0.25) is 0 Å². The van der Waals surface area contributed by atoms with Crippen molar-refractivity contribution in [3.63, 3.8) is 0 Å². The minimum atomic E-state index is -0.0730. The molecule has 26 heavy (non-hydrogen) atoms. The van der Waals surface area contributed by atoms with E-state index in [9.17, 15) is 9.59 Å². The molecule has 144 valence electrons. The van der Waals surface area contributed by atoms with Crippen molar-refractivity contribution in [2.75, 3.05) is 30.9 Å². The fourth-order valence-electron chi connectivity index (χ4n) is 3.07. The molecule has 3 amide bonds. The van der Waals surface area contributed by atoms with Gasteiger partial charge in [0, 0.05) is 50.5 Å². The molecule has 0 atom stereocenters. The smallest absolute Gasteiger partial charge is 0.317 e. The Bertz CT molecular complexity index is 639. The molecule has 0 aliphatic heterocycles. The monoisotopic (exact) mass is 360 g/mol. The van der Waals surface area contributed by atoms with Gasteiger partial charge in [-0.05, 0) is 57.4 Å².